The Morgan fingerprint density at radius 1 is 1.47 bits per heavy atom. The van der Waals surface area contributed by atoms with E-state index < -0.39 is 0 Å². The average Bonchev–Trinajstić information content (AvgIpc) is 2.71. The van der Waals surface area contributed by atoms with Crippen molar-refractivity contribution in [2.45, 2.75) is 45.6 Å². The topological polar surface area (TPSA) is 17.8 Å². The molecule has 0 N–H and O–H groups in total. The minimum absolute atomic E-state index is 0.829. The molecule has 1 fully saturated rings. The predicted octanol–water partition coefficient (Wildman–Crippen LogP) is 3.15. The summed E-state index contributed by atoms with van der Waals surface area (Å²) in [4.78, 5) is 4.83. The van der Waals surface area contributed by atoms with E-state index in [0.717, 1.165) is 11.8 Å². The van der Waals surface area contributed by atoms with E-state index in [9.17, 15) is 0 Å². The van der Waals surface area contributed by atoms with Crippen molar-refractivity contribution >= 4 is 11.8 Å². The van der Waals surface area contributed by atoms with E-state index in [1.54, 1.807) is 0 Å². The largest absolute Gasteiger partial charge is 0.334 e. The van der Waals surface area contributed by atoms with Crippen LogP contribution >= 0.6 is 11.8 Å². The van der Waals surface area contributed by atoms with Gasteiger partial charge in [0.05, 0.1) is 5.69 Å². The predicted molar refractivity (Wildman–Crippen MR) is 73.5 cm³/mol. The summed E-state index contributed by atoms with van der Waals surface area (Å²) in [5, 5.41) is 0. The van der Waals surface area contributed by atoms with Crippen LogP contribution in [0.15, 0.2) is 6.20 Å². The number of aryl methyl sites for hydroxylation is 1. The highest BCUT2D eigenvalue weighted by molar-refractivity contribution is 7.99. The van der Waals surface area contributed by atoms with Crippen LogP contribution in [0, 0.1) is 11.8 Å². The van der Waals surface area contributed by atoms with Crippen molar-refractivity contribution in [2.75, 3.05) is 11.5 Å². The average molecular weight is 250 g/mol. The maximum absolute atomic E-state index is 4.83. The Morgan fingerprint density at radius 3 is 3.24 bits per heavy atom. The maximum Gasteiger partial charge on any atom is 0.108 e. The van der Waals surface area contributed by atoms with Crippen molar-refractivity contribution in [1.29, 1.82) is 0 Å². The second-order valence-corrected chi connectivity index (χ2v) is 6.88. The highest BCUT2D eigenvalue weighted by atomic mass is 32.2. The molecule has 0 radical (unpaired) electrons. The van der Waals surface area contributed by atoms with Crippen LogP contribution in [0.5, 0.6) is 0 Å². The van der Waals surface area contributed by atoms with Crippen molar-refractivity contribution in [3.8, 4) is 0 Å². The lowest BCUT2D eigenvalue weighted by molar-refractivity contribution is 0.394. The molecular formula is C14H22N2S. The number of imidazole rings is 1. The summed E-state index contributed by atoms with van der Waals surface area (Å²) in [6.07, 6.45) is 8.84. The van der Waals surface area contributed by atoms with Crippen LogP contribution in [0.2, 0.25) is 0 Å². The molecule has 2 aliphatic heterocycles. The summed E-state index contributed by atoms with van der Waals surface area (Å²) in [7, 11) is 0. The van der Waals surface area contributed by atoms with Gasteiger partial charge in [0.25, 0.3) is 0 Å². The van der Waals surface area contributed by atoms with Crippen LogP contribution < -0.4 is 0 Å². The lowest BCUT2D eigenvalue weighted by atomic mass is 10.00. The Morgan fingerprint density at radius 2 is 2.41 bits per heavy atom. The third-order valence-electron chi connectivity index (χ3n) is 4.03. The van der Waals surface area contributed by atoms with Crippen LogP contribution in [0.25, 0.3) is 0 Å². The zero-order chi connectivity index (χ0) is 11.7. The minimum Gasteiger partial charge on any atom is -0.334 e. The first-order valence-corrected chi connectivity index (χ1v) is 8.09. The molecule has 1 aromatic rings. The number of thioether (sulfide) groups is 1. The molecule has 3 heteroatoms. The van der Waals surface area contributed by atoms with Gasteiger partial charge in [-0.15, -0.1) is 0 Å². The maximum atomic E-state index is 4.83. The molecule has 2 atom stereocenters. The van der Waals surface area contributed by atoms with E-state index in [4.69, 9.17) is 4.98 Å². The number of rotatable bonds is 2. The van der Waals surface area contributed by atoms with Crippen LogP contribution in [-0.2, 0) is 19.4 Å². The molecule has 2 aliphatic rings. The van der Waals surface area contributed by atoms with E-state index in [1.807, 2.05) is 0 Å². The van der Waals surface area contributed by atoms with Gasteiger partial charge in [-0.25, -0.2) is 4.98 Å². The standard InChI is InChI=1S/C14H22N2S/c1-11-4-5-14-15-13(9-16(14)8-11)7-12-3-2-6-17-10-12/h9,11-12H,2-8,10H2,1H3. The molecule has 0 bridgehead atoms. The van der Waals surface area contributed by atoms with Gasteiger partial charge in [0.15, 0.2) is 0 Å². The van der Waals surface area contributed by atoms with Gasteiger partial charge in [0, 0.05) is 19.2 Å². The lowest BCUT2D eigenvalue weighted by Crippen LogP contribution is -2.17. The van der Waals surface area contributed by atoms with Gasteiger partial charge in [0.2, 0.25) is 0 Å². The van der Waals surface area contributed by atoms with E-state index in [2.05, 4.69) is 29.4 Å². The fourth-order valence-electron chi connectivity index (χ4n) is 3.04. The molecule has 1 aromatic heterocycles. The van der Waals surface area contributed by atoms with Crippen LogP contribution in [-0.4, -0.2) is 21.1 Å². The zero-order valence-corrected chi connectivity index (χ0v) is 11.5. The summed E-state index contributed by atoms with van der Waals surface area (Å²) in [5.41, 5.74) is 1.35. The van der Waals surface area contributed by atoms with Crippen LogP contribution in [0.4, 0.5) is 0 Å². The van der Waals surface area contributed by atoms with Crippen molar-refractivity contribution in [2.24, 2.45) is 11.8 Å². The van der Waals surface area contributed by atoms with E-state index in [1.165, 1.54) is 61.7 Å². The van der Waals surface area contributed by atoms with E-state index in [-0.39, 0.29) is 0 Å². The van der Waals surface area contributed by atoms with Crippen molar-refractivity contribution in [3.63, 3.8) is 0 Å². The van der Waals surface area contributed by atoms with Gasteiger partial charge in [-0.1, -0.05) is 6.92 Å². The molecule has 3 heterocycles. The fraction of sp³-hybridized carbons (Fsp3) is 0.786. The molecule has 17 heavy (non-hydrogen) atoms. The minimum atomic E-state index is 0.829. The summed E-state index contributed by atoms with van der Waals surface area (Å²) in [6.45, 7) is 3.53. The Balaban J connectivity index is 1.67. The zero-order valence-electron chi connectivity index (χ0n) is 10.7. The molecule has 0 amide bonds. The molecule has 0 aliphatic carbocycles. The Hall–Kier alpha value is -0.440. The summed E-state index contributed by atoms with van der Waals surface area (Å²) < 4.78 is 2.40. The van der Waals surface area contributed by atoms with Gasteiger partial charge < -0.3 is 4.57 Å². The van der Waals surface area contributed by atoms with E-state index >= 15 is 0 Å². The molecule has 0 spiro atoms. The van der Waals surface area contributed by atoms with Gasteiger partial charge in [0.1, 0.15) is 5.82 Å². The van der Waals surface area contributed by atoms with Crippen molar-refractivity contribution in [1.82, 2.24) is 9.55 Å². The molecule has 3 rings (SSSR count). The number of hydrogen-bond acceptors (Lipinski definition) is 2. The number of hydrogen-bond donors (Lipinski definition) is 0. The van der Waals surface area contributed by atoms with Gasteiger partial charge >= 0.3 is 0 Å². The third-order valence-corrected chi connectivity index (χ3v) is 5.32. The Bertz CT molecular complexity index is 380. The van der Waals surface area contributed by atoms with Gasteiger partial charge in [-0.3, -0.25) is 0 Å². The summed E-state index contributed by atoms with van der Waals surface area (Å²) in [6, 6.07) is 0. The normalized spacial score (nSPS) is 29.0. The van der Waals surface area contributed by atoms with Gasteiger partial charge in [-0.2, -0.15) is 11.8 Å². The molecule has 2 nitrogen and oxygen atoms in total. The molecular weight excluding hydrogens is 228 g/mol. The number of nitrogens with zero attached hydrogens (tertiary/aromatic N) is 2. The summed E-state index contributed by atoms with van der Waals surface area (Å²) in [5.74, 6) is 5.76. The third kappa shape index (κ3) is 2.70. The number of fused-ring (bicyclic) bond motifs is 1. The first kappa shape index (κ1) is 11.6. The molecule has 94 valence electrons. The van der Waals surface area contributed by atoms with Gasteiger partial charge in [-0.05, 0) is 49.0 Å². The molecule has 0 aromatic carbocycles. The molecule has 0 saturated carbocycles. The number of aromatic nitrogens is 2. The van der Waals surface area contributed by atoms with Crippen molar-refractivity contribution < 1.29 is 0 Å². The van der Waals surface area contributed by atoms with E-state index in [0.29, 0.717) is 0 Å². The SMILES string of the molecule is CC1CCc2nc(CC3CCCSC3)cn2C1. The Kier molecular flexibility index (Phi) is 3.46. The van der Waals surface area contributed by atoms with Crippen LogP contribution in [0.3, 0.4) is 0 Å². The first-order chi connectivity index (χ1) is 8.31. The lowest BCUT2D eigenvalue weighted by Gasteiger charge is -2.20. The second-order valence-electron chi connectivity index (χ2n) is 5.73. The highest BCUT2D eigenvalue weighted by Gasteiger charge is 2.20. The summed E-state index contributed by atoms with van der Waals surface area (Å²) >= 11 is 2.12. The highest BCUT2D eigenvalue weighted by Crippen LogP contribution is 2.26. The monoisotopic (exact) mass is 250 g/mol. The van der Waals surface area contributed by atoms with Crippen LogP contribution in [0.1, 0.15) is 37.7 Å². The van der Waals surface area contributed by atoms with Crippen molar-refractivity contribution in [3.05, 3.63) is 17.7 Å². The smallest absolute Gasteiger partial charge is 0.108 e. The Labute approximate surface area is 108 Å². The fourth-order valence-corrected chi connectivity index (χ4v) is 4.19. The molecule has 2 unspecified atom stereocenters. The molecule has 1 saturated heterocycles. The second kappa shape index (κ2) is 5.05. The quantitative estimate of drug-likeness (QED) is 0.802. The first-order valence-electron chi connectivity index (χ1n) is 6.94.